The zero-order chi connectivity index (χ0) is 18.6. The van der Waals surface area contributed by atoms with Gasteiger partial charge in [0.25, 0.3) is 0 Å². The maximum atomic E-state index is 5.06. The van der Waals surface area contributed by atoms with Gasteiger partial charge in [-0.25, -0.2) is 9.97 Å². The second-order valence-electron chi connectivity index (χ2n) is 7.04. The summed E-state index contributed by atoms with van der Waals surface area (Å²) in [6.07, 6.45) is 0. The lowest BCUT2D eigenvalue weighted by atomic mass is 9.60. The number of hydrogen-bond acceptors (Lipinski definition) is 2. The highest BCUT2D eigenvalue weighted by Gasteiger charge is 2.15. The summed E-state index contributed by atoms with van der Waals surface area (Å²) in [7, 11) is 11.0. The standard InChI is InChI=1S/C18H16B5BrN2/c19-12-11(13(20)15(22)16(23)14(12)21)9-5-3-7-1-2-8-4-6-10(24)26-18(8)17(7)25-9/h1-6H,19-23H2. The van der Waals surface area contributed by atoms with E-state index < -0.39 is 0 Å². The molecular weight excluding hydrogens is 378 g/mol. The molecule has 2 aromatic carbocycles. The molecule has 0 fully saturated rings. The Balaban J connectivity index is 2.08. The average molecular weight is 394 g/mol. The molecule has 2 nitrogen and oxygen atoms in total. The minimum atomic E-state index is 0.832. The molecule has 4 rings (SSSR count). The van der Waals surface area contributed by atoms with Crippen molar-refractivity contribution in [2.75, 3.05) is 0 Å². The van der Waals surface area contributed by atoms with Crippen molar-refractivity contribution >= 4 is 104 Å². The van der Waals surface area contributed by atoms with Crippen molar-refractivity contribution in [3.05, 3.63) is 41.0 Å². The van der Waals surface area contributed by atoms with Gasteiger partial charge in [0, 0.05) is 10.8 Å². The fraction of sp³-hybridized carbons (Fsp3) is 0. The summed E-state index contributed by atoms with van der Waals surface area (Å²) in [5, 5.41) is 2.22. The Hall–Kier alpha value is -1.94. The van der Waals surface area contributed by atoms with Crippen LogP contribution in [0.2, 0.25) is 0 Å². The molecule has 8 heteroatoms. The third kappa shape index (κ3) is 2.63. The van der Waals surface area contributed by atoms with Crippen molar-refractivity contribution in [1.29, 1.82) is 0 Å². The molecule has 0 bridgehead atoms. The minimum absolute atomic E-state index is 0.832. The first-order valence-corrected chi connectivity index (χ1v) is 9.61. The van der Waals surface area contributed by atoms with Crippen LogP contribution in [0.5, 0.6) is 0 Å². The third-order valence-corrected chi connectivity index (χ3v) is 6.18. The second-order valence-corrected chi connectivity index (χ2v) is 7.85. The third-order valence-electron chi connectivity index (χ3n) is 5.74. The number of benzene rings is 2. The van der Waals surface area contributed by atoms with E-state index in [1.165, 1.54) is 32.9 Å². The highest BCUT2D eigenvalue weighted by Crippen LogP contribution is 2.26. The predicted molar refractivity (Wildman–Crippen MR) is 131 cm³/mol. The van der Waals surface area contributed by atoms with Crippen molar-refractivity contribution in [3.63, 3.8) is 0 Å². The van der Waals surface area contributed by atoms with E-state index in [9.17, 15) is 0 Å². The Morgan fingerprint density at radius 1 is 0.577 bits per heavy atom. The molecule has 2 heterocycles. The zero-order valence-corrected chi connectivity index (χ0v) is 17.3. The van der Waals surface area contributed by atoms with Gasteiger partial charge in [-0.15, -0.1) is 16.4 Å². The quantitative estimate of drug-likeness (QED) is 0.190. The molecular formula is C18H16B5BrN2. The Kier molecular flexibility index (Phi) is 4.27. The summed E-state index contributed by atoms with van der Waals surface area (Å²) < 4.78 is 0.832. The van der Waals surface area contributed by atoms with Crippen LogP contribution in [0.3, 0.4) is 0 Å². The van der Waals surface area contributed by atoms with Gasteiger partial charge in [-0.3, -0.25) is 0 Å². The summed E-state index contributed by atoms with van der Waals surface area (Å²) in [5.74, 6) is 0. The fourth-order valence-electron chi connectivity index (χ4n) is 3.77. The summed E-state index contributed by atoms with van der Waals surface area (Å²) in [6, 6.07) is 12.6. The van der Waals surface area contributed by atoms with Crippen molar-refractivity contribution in [3.8, 4) is 11.3 Å². The maximum Gasteiger partial charge on any atom is 0.139 e. The summed E-state index contributed by atoms with van der Waals surface area (Å²) in [6.45, 7) is 0. The van der Waals surface area contributed by atoms with Crippen molar-refractivity contribution in [2.24, 2.45) is 0 Å². The molecule has 0 aliphatic carbocycles. The number of nitrogens with zero attached hydrogens (tertiary/aromatic N) is 2. The molecule has 4 aromatic rings. The molecule has 0 radical (unpaired) electrons. The van der Waals surface area contributed by atoms with E-state index in [2.05, 4.69) is 90.5 Å². The zero-order valence-electron chi connectivity index (χ0n) is 15.7. The van der Waals surface area contributed by atoms with Gasteiger partial charge < -0.3 is 0 Å². The molecule has 0 unspecified atom stereocenters. The van der Waals surface area contributed by atoms with Gasteiger partial charge in [0.2, 0.25) is 0 Å². The molecule has 0 N–H and O–H groups in total. The fourth-order valence-corrected chi connectivity index (χ4v) is 4.08. The van der Waals surface area contributed by atoms with E-state index >= 15 is 0 Å². The van der Waals surface area contributed by atoms with Crippen molar-refractivity contribution < 1.29 is 0 Å². The van der Waals surface area contributed by atoms with Crippen LogP contribution in [-0.2, 0) is 0 Å². The van der Waals surface area contributed by atoms with Gasteiger partial charge in [0.05, 0.1) is 16.7 Å². The Morgan fingerprint density at radius 3 is 1.65 bits per heavy atom. The van der Waals surface area contributed by atoms with Gasteiger partial charge in [0.1, 0.15) is 43.8 Å². The summed E-state index contributed by atoms with van der Waals surface area (Å²) in [5.41, 5.74) is 10.9. The van der Waals surface area contributed by atoms with E-state index in [4.69, 9.17) is 4.98 Å². The lowest BCUT2D eigenvalue weighted by Gasteiger charge is -2.20. The lowest BCUT2D eigenvalue weighted by molar-refractivity contribution is 1.34. The first-order chi connectivity index (χ1) is 12.4. The Labute approximate surface area is 166 Å². The summed E-state index contributed by atoms with van der Waals surface area (Å²) in [4.78, 5) is 9.75. The molecule has 0 atom stereocenters. The number of rotatable bonds is 1. The molecule has 0 amide bonds. The molecule has 0 saturated heterocycles. The van der Waals surface area contributed by atoms with E-state index in [-0.39, 0.29) is 0 Å². The highest BCUT2D eigenvalue weighted by atomic mass is 79.9. The largest absolute Gasteiger partial charge is 0.246 e. The minimum Gasteiger partial charge on any atom is -0.246 e. The average Bonchev–Trinajstić information content (AvgIpc) is 2.65. The molecule has 0 saturated carbocycles. The summed E-state index contributed by atoms with van der Waals surface area (Å²) >= 11 is 3.49. The van der Waals surface area contributed by atoms with Crippen LogP contribution >= 0.6 is 15.9 Å². The Bertz CT molecular complexity index is 1180. The van der Waals surface area contributed by atoms with Crippen LogP contribution in [0.15, 0.2) is 41.0 Å². The number of pyridine rings is 2. The number of halogens is 1. The molecule has 0 aliphatic heterocycles. The van der Waals surface area contributed by atoms with E-state index in [1.807, 2.05) is 6.07 Å². The molecule has 120 valence electrons. The van der Waals surface area contributed by atoms with Gasteiger partial charge >= 0.3 is 0 Å². The van der Waals surface area contributed by atoms with Crippen LogP contribution in [0, 0.1) is 0 Å². The molecule has 0 spiro atoms. The first-order valence-electron chi connectivity index (χ1n) is 8.82. The van der Waals surface area contributed by atoms with Crippen LogP contribution in [0.4, 0.5) is 0 Å². The Morgan fingerprint density at radius 2 is 1.04 bits per heavy atom. The second kappa shape index (κ2) is 6.35. The lowest BCUT2D eigenvalue weighted by Crippen LogP contribution is -2.55. The number of hydrogen-bond donors (Lipinski definition) is 0. The van der Waals surface area contributed by atoms with Gasteiger partial charge in [-0.05, 0) is 33.6 Å². The first kappa shape index (κ1) is 17.5. The van der Waals surface area contributed by atoms with E-state index in [0.29, 0.717) is 0 Å². The van der Waals surface area contributed by atoms with Crippen LogP contribution in [-0.4, -0.2) is 49.2 Å². The topological polar surface area (TPSA) is 25.8 Å². The SMILES string of the molecule is Bc1c(B)c(B)c(-c2ccc3ccc4ccc(Br)nc4c3n2)c(B)c1B. The van der Waals surface area contributed by atoms with Gasteiger partial charge in [-0.1, -0.05) is 35.2 Å². The van der Waals surface area contributed by atoms with Crippen LogP contribution in [0.1, 0.15) is 0 Å². The van der Waals surface area contributed by atoms with E-state index in [0.717, 1.165) is 32.1 Å². The smallest absolute Gasteiger partial charge is 0.139 e. The number of fused-ring (bicyclic) bond motifs is 3. The highest BCUT2D eigenvalue weighted by molar-refractivity contribution is 9.10. The van der Waals surface area contributed by atoms with Crippen LogP contribution in [0.25, 0.3) is 33.1 Å². The molecule has 2 aromatic heterocycles. The number of aromatic nitrogens is 2. The van der Waals surface area contributed by atoms with E-state index in [1.54, 1.807) is 0 Å². The van der Waals surface area contributed by atoms with Crippen molar-refractivity contribution in [2.45, 2.75) is 0 Å². The normalized spacial score (nSPS) is 11.3. The molecule has 0 aliphatic rings. The van der Waals surface area contributed by atoms with Crippen molar-refractivity contribution in [1.82, 2.24) is 9.97 Å². The monoisotopic (exact) mass is 394 g/mol. The van der Waals surface area contributed by atoms with Gasteiger partial charge in [-0.2, -0.15) is 0 Å². The predicted octanol–water partition coefficient (Wildman–Crippen LogP) is -3.50. The molecule has 26 heavy (non-hydrogen) atoms. The van der Waals surface area contributed by atoms with Crippen LogP contribution < -0.4 is 27.3 Å². The van der Waals surface area contributed by atoms with Gasteiger partial charge in [0.15, 0.2) is 0 Å². The maximum absolute atomic E-state index is 5.06.